The predicted octanol–water partition coefficient (Wildman–Crippen LogP) is -1.92. The van der Waals surface area contributed by atoms with E-state index >= 15 is 0 Å². The standard InChI is InChI=1S/C7H12O4/c8-4-2-1-3(2)5(9)7(11)6(4)10/h2-11H,1H2/t2-,3+,4?,5?,6?,7?. The molecule has 2 rings (SSSR count). The summed E-state index contributed by atoms with van der Waals surface area (Å²) in [6.07, 6.45) is -3.32. The van der Waals surface area contributed by atoms with E-state index in [0.717, 1.165) is 6.42 Å². The zero-order valence-electron chi connectivity index (χ0n) is 5.96. The van der Waals surface area contributed by atoms with Gasteiger partial charge >= 0.3 is 0 Å². The molecule has 0 aromatic rings. The molecule has 64 valence electrons. The summed E-state index contributed by atoms with van der Waals surface area (Å²) in [6, 6.07) is 0. The topological polar surface area (TPSA) is 80.9 Å². The second-order valence-corrected chi connectivity index (χ2v) is 3.53. The monoisotopic (exact) mass is 160 g/mol. The molecule has 4 unspecified atom stereocenters. The van der Waals surface area contributed by atoms with Gasteiger partial charge in [-0.25, -0.2) is 0 Å². The molecule has 2 aliphatic rings. The molecule has 0 aliphatic heterocycles. The molecular weight excluding hydrogens is 148 g/mol. The Morgan fingerprint density at radius 2 is 1.00 bits per heavy atom. The van der Waals surface area contributed by atoms with Crippen molar-refractivity contribution in [2.75, 3.05) is 0 Å². The zero-order valence-corrected chi connectivity index (χ0v) is 5.96. The molecule has 2 aliphatic carbocycles. The summed E-state index contributed by atoms with van der Waals surface area (Å²) in [6.45, 7) is 0. The maximum absolute atomic E-state index is 9.25. The summed E-state index contributed by atoms with van der Waals surface area (Å²) < 4.78 is 0. The summed E-state index contributed by atoms with van der Waals surface area (Å²) in [5.41, 5.74) is 0. The molecule has 4 heteroatoms. The van der Waals surface area contributed by atoms with Crippen LogP contribution in [-0.2, 0) is 0 Å². The van der Waals surface area contributed by atoms with Gasteiger partial charge in [-0.15, -0.1) is 0 Å². The molecule has 11 heavy (non-hydrogen) atoms. The van der Waals surface area contributed by atoms with Gasteiger partial charge in [-0.1, -0.05) is 0 Å². The van der Waals surface area contributed by atoms with Crippen LogP contribution in [0.15, 0.2) is 0 Å². The third kappa shape index (κ3) is 0.906. The van der Waals surface area contributed by atoms with E-state index in [0.29, 0.717) is 0 Å². The van der Waals surface area contributed by atoms with Gasteiger partial charge in [-0.2, -0.15) is 0 Å². The molecular formula is C7H12O4. The van der Waals surface area contributed by atoms with Crippen molar-refractivity contribution in [3.8, 4) is 0 Å². The molecule has 0 radical (unpaired) electrons. The van der Waals surface area contributed by atoms with Crippen LogP contribution in [0, 0.1) is 11.8 Å². The van der Waals surface area contributed by atoms with Crippen molar-refractivity contribution in [1.82, 2.24) is 0 Å². The van der Waals surface area contributed by atoms with Crippen LogP contribution >= 0.6 is 0 Å². The van der Waals surface area contributed by atoms with E-state index in [1.54, 1.807) is 0 Å². The lowest BCUT2D eigenvalue weighted by atomic mass is 9.90. The highest BCUT2D eigenvalue weighted by Gasteiger charge is 2.57. The van der Waals surface area contributed by atoms with Crippen LogP contribution < -0.4 is 0 Å². The van der Waals surface area contributed by atoms with Crippen LogP contribution in [0.4, 0.5) is 0 Å². The molecule has 2 fully saturated rings. The zero-order chi connectivity index (χ0) is 8.17. The molecule has 4 N–H and O–H groups in total. The van der Waals surface area contributed by atoms with Crippen LogP contribution in [-0.4, -0.2) is 44.8 Å². The van der Waals surface area contributed by atoms with Crippen LogP contribution in [0.2, 0.25) is 0 Å². The minimum atomic E-state index is -1.17. The lowest BCUT2D eigenvalue weighted by Gasteiger charge is -2.31. The SMILES string of the molecule is OC1C(O)C(O)[C@@H]2C[C@@H]2C1O. The lowest BCUT2D eigenvalue weighted by Crippen LogP contribution is -2.50. The Hall–Kier alpha value is -0.160. The van der Waals surface area contributed by atoms with Crippen molar-refractivity contribution in [3.63, 3.8) is 0 Å². The Morgan fingerprint density at radius 1 is 0.636 bits per heavy atom. The molecule has 4 nitrogen and oxygen atoms in total. The van der Waals surface area contributed by atoms with Gasteiger partial charge in [-0.3, -0.25) is 0 Å². The summed E-state index contributed by atoms with van der Waals surface area (Å²) in [5.74, 6) is 0.00630. The summed E-state index contributed by atoms with van der Waals surface area (Å²) in [4.78, 5) is 0. The van der Waals surface area contributed by atoms with Crippen molar-refractivity contribution in [3.05, 3.63) is 0 Å². The summed E-state index contributed by atoms with van der Waals surface area (Å²) in [5, 5.41) is 36.8. The average Bonchev–Trinajstić information content (AvgIpc) is 2.76. The van der Waals surface area contributed by atoms with Crippen LogP contribution in [0.3, 0.4) is 0 Å². The first-order chi connectivity index (χ1) is 5.13. The van der Waals surface area contributed by atoms with Crippen molar-refractivity contribution >= 4 is 0 Å². The minimum absolute atomic E-state index is 0.00315. The molecule has 0 spiro atoms. The fourth-order valence-electron chi connectivity index (χ4n) is 1.93. The third-order valence-electron chi connectivity index (χ3n) is 2.82. The maximum Gasteiger partial charge on any atom is 0.109 e. The van der Waals surface area contributed by atoms with Crippen LogP contribution in [0.25, 0.3) is 0 Å². The lowest BCUT2D eigenvalue weighted by molar-refractivity contribution is -0.139. The fourth-order valence-corrected chi connectivity index (χ4v) is 1.93. The molecule has 0 bridgehead atoms. The Balaban J connectivity index is 2.13. The Kier molecular flexibility index (Phi) is 1.47. The van der Waals surface area contributed by atoms with E-state index in [2.05, 4.69) is 0 Å². The summed E-state index contributed by atoms with van der Waals surface area (Å²) in [7, 11) is 0. The quantitative estimate of drug-likeness (QED) is 0.333. The highest BCUT2D eigenvalue weighted by atomic mass is 16.4. The van der Waals surface area contributed by atoms with Crippen LogP contribution in [0.1, 0.15) is 6.42 Å². The summed E-state index contributed by atoms with van der Waals surface area (Å²) >= 11 is 0. The number of hydrogen-bond acceptors (Lipinski definition) is 4. The molecule has 0 amide bonds. The fraction of sp³-hybridized carbons (Fsp3) is 1.00. The minimum Gasteiger partial charge on any atom is -0.390 e. The predicted molar refractivity (Wildman–Crippen MR) is 35.6 cm³/mol. The smallest absolute Gasteiger partial charge is 0.109 e. The van der Waals surface area contributed by atoms with Gasteiger partial charge < -0.3 is 20.4 Å². The van der Waals surface area contributed by atoms with E-state index in [-0.39, 0.29) is 11.8 Å². The Bertz CT molecular complexity index is 154. The third-order valence-corrected chi connectivity index (χ3v) is 2.82. The Morgan fingerprint density at radius 3 is 1.36 bits per heavy atom. The molecule has 0 aromatic heterocycles. The van der Waals surface area contributed by atoms with E-state index in [9.17, 15) is 10.2 Å². The van der Waals surface area contributed by atoms with Crippen LogP contribution in [0.5, 0.6) is 0 Å². The van der Waals surface area contributed by atoms with Crippen molar-refractivity contribution in [2.24, 2.45) is 11.8 Å². The van der Waals surface area contributed by atoms with E-state index in [1.807, 2.05) is 0 Å². The first kappa shape index (κ1) is 7.49. The van der Waals surface area contributed by atoms with E-state index < -0.39 is 24.4 Å². The second kappa shape index (κ2) is 2.17. The van der Waals surface area contributed by atoms with Gasteiger partial charge in [-0.05, 0) is 18.3 Å². The van der Waals surface area contributed by atoms with Gasteiger partial charge in [0.25, 0.3) is 0 Å². The molecule has 0 aromatic carbocycles. The van der Waals surface area contributed by atoms with E-state index in [1.165, 1.54) is 0 Å². The van der Waals surface area contributed by atoms with Gasteiger partial charge in [0.1, 0.15) is 12.2 Å². The molecule has 0 saturated heterocycles. The number of hydrogen-bond donors (Lipinski definition) is 4. The highest BCUT2D eigenvalue weighted by molar-refractivity contribution is 5.07. The number of aliphatic hydroxyl groups is 4. The second-order valence-electron chi connectivity index (χ2n) is 3.53. The van der Waals surface area contributed by atoms with Crippen molar-refractivity contribution in [2.45, 2.75) is 30.8 Å². The largest absolute Gasteiger partial charge is 0.390 e. The van der Waals surface area contributed by atoms with Gasteiger partial charge in [0, 0.05) is 0 Å². The molecule has 2 saturated carbocycles. The normalized spacial score (nSPS) is 62.2. The van der Waals surface area contributed by atoms with Gasteiger partial charge in [0.2, 0.25) is 0 Å². The molecule has 0 heterocycles. The van der Waals surface area contributed by atoms with Gasteiger partial charge in [0.15, 0.2) is 0 Å². The first-order valence-electron chi connectivity index (χ1n) is 3.85. The number of rotatable bonds is 0. The van der Waals surface area contributed by atoms with E-state index in [4.69, 9.17) is 10.2 Å². The maximum atomic E-state index is 9.25. The number of aliphatic hydroxyl groups excluding tert-OH is 4. The first-order valence-corrected chi connectivity index (χ1v) is 3.85. The van der Waals surface area contributed by atoms with Crippen molar-refractivity contribution in [1.29, 1.82) is 0 Å². The average molecular weight is 160 g/mol. The Labute approximate surface area is 64.1 Å². The molecule has 6 atom stereocenters. The number of fused-ring (bicyclic) bond motifs is 1. The van der Waals surface area contributed by atoms with Gasteiger partial charge in [0.05, 0.1) is 12.2 Å². The highest BCUT2D eigenvalue weighted by Crippen LogP contribution is 2.49. The van der Waals surface area contributed by atoms with Crippen molar-refractivity contribution < 1.29 is 20.4 Å².